The van der Waals surface area contributed by atoms with E-state index in [0.29, 0.717) is 25.8 Å². The normalized spacial score (nSPS) is 14.3. The van der Waals surface area contributed by atoms with Crippen LogP contribution in [0.3, 0.4) is 0 Å². The minimum absolute atomic E-state index is 0.0500. The third-order valence-electron chi connectivity index (χ3n) is 13.1. The number of unbranched alkanes of at least 4 members (excludes halogenated alkanes) is 1. The first-order valence-corrected chi connectivity index (χ1v) is 27.6. The Hall–Kier alpha value is -8.28. The summed E-state index contributed by atoms with van der Waals surface area (Å²) in [6.45, 7) is 8.52. The monoisotopic (exact) mass is 1150 g/mol. The summed E-state index contributed by atoms with van der Waals surface area (Å²) in [5, 5.41) is 62.2. The molecule has 0 bridgehead atoms. The van der Waals surface area contributed by atoms with Crippen LogP contribution in [0.4, 0.5) is 0 Å². The van der Waals surface area contributed by atoms with Crippen LogP contribution >= 0.6 is 0 Å². The predicted octanol–water partition coefficient (Wildman–Crippen LogP) is -3.34. The summed E-state index contributed by atoms with van der Waals surface area (Å²) in [6, 6.07) is -2.61. The van der Waals surface area contributed by atoms with Gasteiger partial charge in [0, 0.05) is 43.2 Å². The number of H-pyrrole nitrogens is 1. The zero-order valence-corrected chi connectivity index (χ0v) is 47.7. The first-order valence-electron chi connectivity index (χ1n) is 27.6. The van der Waals surface area contributed by atoms with E-state index in [-0.39, 0.29) is 101 Å². The van der Waals surface area contributed by atoms with Gasteiger partial charge >= 0.3 is 5.97 Å². The Morgan fingerprint density at radius 1 is 0.561 bits per heavy atom. The molecular formula is C52H90N20O10. The molecule has 0 unspecified atom stereocenters. The van der Waals surface area contributed by atoms with Crippen LogP contribution in [0.1, 0.15) is 111 Å². The topological polar surface area (TPSA) is 524 Å². The average Bonchev–Trinajstić information content (AvgIpc) is 3.93. The van der Waals surface area contributed by atoms with Crippen LogP contribution in [0.25, 0.3) is 10.9 Å². The zero-order valence-electron chi connectivity index (χ0n) is 47.7. The maximum absolute atomic E-state index is 14.4. The fourth-order valence-electron chi connectivity index (χ4n) is 8.45. The second kappa shape index (κ2) is 36.9. The second-order valence-electron chi connectivity index (χ2n) is 20.6. The molecular weight excluding hydrogens is 1060 g/mol. The Bertz CT molecular complexity index is 2470. The van der Waals surface area contributed by atoms with Crippen LogP contribution < -0.4 is 87.2 Å². The number of benzene rings is 1. The number of guanidine groups is 3. The number of nitrogens with one attached hydrogen (secondary N) is 15. The summed E-state index contributed by atoms with van der Waals surface area (Å²) in [7, 11) is 0. The summed E-state index contributed by atoms with van der Waals surface area (Å²) < 4.78 is 0. The van der Waals surface area contributed by atoms with Crippen LogP contribution in [0.15, 0.2) is 30.5 Å². The molecule has 1 aromatic carbocycles. The number of aliphatic carboxylic acids is 1. The van der Waals surface area contributed by atoms with Crippen molar-refractivity contribution in [2.75, 3.05) is 32.7 Å². The highest BCUT2D eigenvalue weighted by Crippen LogP contribution is 2.20. The van der Waals surface area contributed by atoms with E-state index in [1.54, 1.807) is 33.9 Å². The Labute approximate surface area is 477 Å². The quantitative estimate of drug-likeness (QED) is 0.0177. The Morgan fingerprint density at radius 3 is 1.46 bits per heavy atom. The van der Waals surface area contributed by atoms with Crippen LogP contribution in [0, 0.1) is 28.1 Å². The molecule has 0 aliphatic heterocycles. The third-order valence-corrected chi connectivity index (χ3v) is 13.1. The number of nitrogens with two attached hydrogens (primary N) is 5. The third kappa shape index (κ3) is 26.3. The van der Waals surface area contributed by atoms with E-state index >= 15 is 0 Å². The maximum Gasteiger partial charge on any atom is 0.326 e. The van der Waals surface area contributed by atoms with Crippen LogP contribution in [-0.2, 0) is 49.6 Å². The van der Waals surface area contributed by atoms with Gasteiger partial charge in [0.1, 0.15) is 42.3 Å². The van der Waals surface area contributed by atoms with Crippen molar-refractivity contribution in [2.24, 2.45) is 40.5 Å². The summed E-state index contributed by atoms with van der Waals surface area (Å²) in [4.78, 5) is 126. The van der Waals surface area contributed by atoms with Crippen LogP contribution in [0.2, 0.25) is 0 Å². The lowest BCUT2D eigenvalue weighted by atomic mass is 9.97. The number of hydrogen-bond donors (Lipinski definition) is 21. The van der Waals surface area contributed by atoms with Gasteiger partial charge in [-0.25, -0.2) is 4.79 Å². The second-order valence-corrected chi connectivity index (χ2v) is 20.6. The molecule has 8 amide bonds. The number of carboxylic acids is 1. The molecule has 0 aliphatic carbocycles. The zero-order chi connectivity index (χ0) is 61.5. The lowest BCUT2D eigenvalue weighted by molar-refractivity contribution is -0.142. The van der Waals surface area contributed by atoms with Gasteiger partial charge in [-0.1, -0.05) is 52.3 Å². The molecule has 2 aromatic rings. The number of carbonyl (C=O) groups excluding carboxylic acids is 8. The number of amides is 8. The first kappa shape index (κ1) is 69.8. The number of fused-ring (bicyclic) bond motifs is 1. The minimum Gasteiger partial charge on any atom is -0.480 e. The van der Waals surface area contributed by atoms with Crippen LogP contribution in [-0.4, -0.2) is 162 Å². The van der Waals surface area contributed by atoms with Crippen molar-refractivity contribution in [1.29, 1.82) is 16.2 Å². The summed E-state index contributed by atoms with van der Waals surface area (Å²) >= 11 is 0. The van der Waals surface area contributed by atoms with Crippen molar-refractivity contribution < 1.29 is 48.3 Å². The average molecular weight is 1160 g/mol. The number of para-hydroxylation sites is 1. The number of carbonyl (C=O) groups is 9. The van der Waals surface area contributed by atoms with E-state index < -0.39 is 114 Å². The number of carboxylic acid groups (broad SMARTS) is 1. The molecule has 0 aliphatic rings. The van der Waals surface area contributed by atoms with Gasteiger partial charge < -0.3 is 97.2 Å². The van der Waals surface area contributed by atoms with E-state index in [0.717, 1.165) is 16.5 Å². The molecule has 0 saturated heterocycles. The molecule has 1 aromatic heterocycles. The first-order chi connectivity index (χ1) is 38.8. The molecule has 0 radical (unpaired) electrons. The molecule has 30 heteroatoms. The van der Waals surface area contributed by atoms with E-state index in [1.807, 2.05) is 24.3 Å². The van der Waals surface area contributed by atoms with Gasteiger partial charge in [0.15, 0.2) is 17.9 Å². The van der Waals surface area contributed by atoms with Gasteiger partial charge in [0.2, 0.25) is 47.3 Å². The van der Waals surface area contributed by atoms with Crippen molar-refractivity contribution in [3.8, 4) is 0 Å². The van der Waals surface area contributed by atoms with Crippen LogP contribution in [0.5, 0.6) is 0 Å². The van der Waals surface area contributed by atoms with Crippen molar-refractivity contribution in [1.82, 2.24) is 63.5 Å². The Kier molecular flexibility index (Phi) is 31.4. The minimum atomic E-state index is -1.40. The molecule has 2 rings (SSSR count). The van der Waals surface area contributed by atoms with E-state index in [1.165, 1.54) is 6.92 Å². The van der Waals surface area contributed by atoms with Crippen molar-refractivity contribution in [3.63, 3.8) is 0 Å². The lowest BCUT2D eigenvalue weighted by Crippen LogP contribution is -2.59. The molecule has 458 valence electrons. The highest BCUT2D eigenvalue weighted by molar-refractivity contribution is 5.98. The van der Waals surface area contributed by atoms with E-state index in [2.05, 4.69) is 63.5 Å². The molecule has 0 fully saturated rings. The molecule has 1 heterocycles. The summed E-state index contributed by atoms with van der Waals surface area (Å²) in [6.07, 6.45) is 3.40. The van der Waals surface area contributed by atoms with Gasteiger partial charge in [0.05, 0.1) is 12.6 Å². The standard InChI is InChI=1S/C52H90N20O10/c1-6-29(4)41(72-47(79)39(71-42(74)30(5)54)25-31-26-64-33-15-8-7-14-32(31)33)48(80)65-27-40(73)66-38(24-28(2)3)46(78)69-35(18-12-22-62-51(57)58)44(76)67-34(17-11-21-61-50(55)56)43(75)68-36(19-13-23-63-52(59)60)45(77)70-37(49(81)82)16-9-10-20-53/h7-8,14-15,26,28-30,34-39,41,64H,6,9-13,16-25,27,53-54H2,1-5H3,(H,65,80)(H,66,73)(H,67,76)(H,68,75)(H,69,78)(H,70,77)(H,71,74)(H,72,79)(H,81,82)(H4,55,56,61)(H4,57,58,62)(H4,59,60,63)/t29-,30-,34-,35-,36-,37-,38-,39-,41-/m0/s1. The smallest absolute Gasteiger partial charge is 0.326 e. The highest BCUT2D eigenvalue weighted by Gasteiger charge is 2.35. The number of aromatic amines is 1. The van der Waals surface area contributed by atoms with Crippen molar-refractivity contribution >= 4 is 82.0 Å². The highest BCUT2D eigenvalue weighted by atomic mass is 16.4. The lowest BCUT2D eigenvalue weighted by Gasteiger charge is -2.28. The molecule has 9 atom stereocenters. The van der Waals surface area contributed by atoms with Gasteiger partial charge in [-0.2, -0.15) is 0 Å². The molecule has 82 heavy (non-hydrogen) atoms. The Balaban J connectivity index is 2.40. The van der Waals surface area contributed by atoms with Crippen molar-refractivity contribution in [3.05, 3.63) is 36.0 Å². The van der Waals surface area contributed by atoms with E-state index in [9.17, 15) is 48.3 Å². The van der Waals surface area contributed by atoms with Gasteiger partial charge in [-0.15, -0.1) is 0 Å². The Morgan fingerprint density at radius 2 is 1.01 bits per heavy atom. The van der Waals surface area contributed by atoms with Gasteiger partial charge in [-0.3, -0.25) is 54.6 Å². The molecule has 26 N–H and O–H groups in total. The number of rotatable bonds is 39. The number of hydrogen-bond acceptors (Lipinski definition) is 14. The maximum atomic E-state index is 14.4. The van der Waals surface area contributed by atoms with Crippen molar-refractivity contribution in [2.45, 2.75) is 160 Å². The van der Waals surface area contributed by atoms with Gasteiger partial charge in [-0.05, 0) is 101 Å². The fraction of sp³-hybridized carbons (Fsp3) is 0.615. The van der Waals surface area contributed by atoms with Gasteiger partial charge in [0.25, 0.3) is 0 Å². The van der Waals surface area contributed by atoms with E-state index in [4.69, 9.17) is 44.9 Å². The predicted molar refractivity (Wildman–Crippen MR) is 309 cm³/mol. The summed E-state index contributed by atoms with van der Waals surface area (Å²) in [5.41, 5.74) is 29.3. The molecule has 30 nitrogen and oxygen atoms in total. The fourth-order valence-corrected chi connectivity index (χ4v) is 8.45. The largest absolute Gasteiger partial charge is 0.480 e. The number of aromatic nitrogens is 1. The SMILES string of the molecule is CC[C@H](C)[C@H](NC(=O)[C@H](Cc1c[nH]c2ccccc12)NC(=O)[C@H](C)N)C(=O)NCC(=O)N[C@@H](CC(C)C)C(=O)N[C@@H](CCCNC(=N)N)C(=O)N[C@@H](CCCNC(=N)N)C(=O)N[C@@H](CCCNC(=N)N)C(=O)N[C@@H](CCCCN)C(=O)O. The summed E-state index contributed by atoms with van der Waals surface area (Å²) in [5.74, 6) is -9.21. The molecule has 0 saturated carbocycles. The molecule has 0 spiro atoms.